The first-order valence-electron chi connectivity index (χ1n) is 21.3. The Morgan fingerprint density at radius 3 is 0.761 bits per heavy atom. The van der Waals surface area contributed by atoms with Crippen LogP contribution in [-0.2, 0) is 39.3 Å². The van der Waals surface area contributed by atoms with Gasteiger partial charge in [-0.25, -0.2) is 33.7 Å². The van der Waals surface area contributed by atoms with E-state index in [1.165, 1.54) is 72.8 Å². The Morgan fingerprint density at radius 1 is 0.268 bits per heavy atom. The quantitative estimate of drug-likeness (QED) is 0.119. The van der Waals surface area contributed by atoms with Crippen molar-refractivity contribution in [3.63, 3.8) is 0 Å². The Bertz CT molecular complexity index is 3480. The van der Waals surface area contributed by atoms with Crippen molar-refractivity contribution in [1.82, 2.24) is 0 Å². The van der Waals surface area contributed by atoms with Crippen molar-refractivity contribution in [2.45, 2.75) is 39.2 Å². The maximum absolute atomic E-state index is 13.3. The first-order chi connectivity index (χ1) is 33.9. The molecule has 0 fully saturated rings. The molecule has 0 saturated heterocycles. The minimum Gasteiger partial charge on any atom is -0.423 e. The van der Waals surface area contributed by atoms with Crippen molar-refractivity contribution in [3.8, 4) is 22.3 Å². The van der Waals surface area contributed by atoms with E-state index in [0.29, 0.717) is 5.46 Å². The summed E-state index contributed by atoms with van der Waals surface area (Å²) in [6, 6.07) is 64.4. The molecule has 0 radical (unpaired) electrons. The summed E-state index contributed by atoms with van der Waals surface area (Å²) in [6.45, 7) is 0. The van der Waals surface area contributed by atoms with Crippen LogP contribution in [0.3, 0.4) is 0 Å². The van der Waals surface area contributed by atoms with E-state index < -0.39 is 46.5 Å². The van der Waals surface area contributed by atoms with Gasteiger partial charge in [0.05, 0.1) is 39.2 Å². The van der Waals surface area contributed by atoms with Crippen LogP contribution in [0.5, 0.6) is 0 Å². The maximum atomic E-state index is 13.3. The molecule has 10 nitrogen and oxygen atoms in total. The lowest BCUT2D eigenvalue weighted by Gasteiger charge is -2.10. The summed E-state index contributed by atoms with van der Waals surface area (Å²) in [5.74, 6) is 0. The van der Waals surface area contributed by atoms with Crippen LogP contribution in [0.2, 0.25) is 0 Å². The minimum atomic E-state index is -3.91. The van der Waals surface area contributed by atoms with E-state index in [-0.39, 0.29) is 39.2 Å². The van der Waals surface area contributed by atoms with Crippen LogP contribution in [0.15, 0.2) is 285 Å². The van der Waals surface area contributed by atoms with Gasteiger partial charge in [-0.1, -0.05) is 159 Å². The fraction of sp³-hybridized carbons (Fsp3) is 0. The highest BCUT2D eigenvalue weighted by Crippen LogP contribution is 2.31. The topological polar surface area (TPSA) is 177 Å². The standard InChI is InChI=1S/C30H22O4S2.C18H12Br2O4S2.C6H7BO2/c31-35(32,27-18-14-25(15-19-27)23-8-3-1-4-9-23)29-12-7-13-30(22-29)36(33,34)28-20-16-26(17-21-28)24-10-5-2-6-11-24;19-13-4-8-15(9-5-13)25(21,22)17-2-1-3-18(12-17)26(23,24)16-10-6-14(20)7-11-16;8-7(9)6-4-2-1-3-5-6/h1-22H;1-12H;1-5,8-9H. The third-order valence-electron chi connectivity index (χ3n) is 10.7. The normalized spacial score (nSPS) is 11.5. The lowest BCUT2D eigenvalue weighted by Crippen LogP contribution is -2.29. The maximum Gasteiger partial charge on any atom is 0.488 e. The van der Waals surface area contributed by atoms with E-state index in [9.17, 15) is 33.7 Å². The summed E-state index contributed by atoms with van der Waals surface area (Å²) in [7, 11) is -16.8. The molecular formula is C54H41BBr2O10S4. The van der Waals surface area contributed by atoms with Crippen molar-refractivity contribution in [1.29, 1.82) is 0 Å². The van der Waals surface area contributed by atoms with Gasteiger partial charge in [-0.15, -0.1) is 0 Å². The minimum absolute atomic E-state index is 0.0713. The second kappa shape index (κ2) is 22.9. The van der Waals surface area contributed by atoms with Crippen LogP contribution in [0, 0.1) is 0 Å². The summed E-state index contributed by atoms with van der Waals surface area (Å²) < 4.78 is 106. The molecule has 358 valence electrons. The number of sulfone groups is 4. The third-order valence-corrected chi connectivity index (χ3v) is 18.9. The van der Waals surface area contributed by atoms with Crippen molar-refractivity contribution in [2.75, 3.05) is 0 Å². The zero-order valence-corrected chi connectivity index (χ0v) is 43.6. The molecule has 0 aliphatic carbocycles. The smallest absolute Gasteiger partial charge is 0.423 e. The predicted octanol–water partition coefficient (Wildman–Crippen LogP) is 10.9. The molecule has 2 N–H and O–H groups in total. The van der Waals surface area contributed by atoms with Crippen LogP contribution < -0.4 is 5.46 Å². The fourth-order valence-electron chi connectivity index (χ4n) is 6.93. The fourth-order valence-corrected chi connectivity index (χ4v) is 12.8. The Labute approximate surface area is 431 Å². The average molecular weight is 1150 g/mol. The van der Waals surface area contributed by atoms with Gasteiger partial charge in [0.2, 0.25) is 39.3 Å². The molecule has 71 heavy (non-hydrogen) atoms. The first-order valence-corrected chi connectivity index (χ1v) is 28.8. The van der Waals surface area contributed by atoms with Crippen LogP contribution in [0.1, 0.15) is 0 Å². The molecule has 0 aromatic heterocycles. The molecule has 0 aliphatic rings. The highest BCUT2D eigenvalue weighted by atomic mass is 79.9. The highest BCUT2D eigenvalue weighted by molar-refractivity contribution is 9.10. The summed E-state index contributed by atoms with van der Waals surface area (Å²) >= 11 is 6.52. The van der Waals surface area contributed by atoms with Gasteiger partial charge in [-0.3, -0.25) is 0 Å². The van der Waals surface area contributed by atoms with E-state index in [1.54, 1.807) is 97.1 Å². The van der Waals surface area contributed by atoms with Gasteiger partial charge in [0.25, 0.3) is 0 Å². The molecule has 0 spiro atoms. The monoisotopic (exact) mass is 1150 g/mol. The zero-order chi connectivity index (χ0) is 50.8. The molecule has 0 bridgehead atoms. The van der Waals surface area contributed by atoms with E-state index in [4.69, 9.17) is 10.0 Å². The van der Waals surface area contributed by atoms with Gasteiger partial charge in [-0.05, 0) is 137 Å². The van der Waals surface area contributed by atoms with Gasteiger partial charge in [0.1, 0.15) is 0 Å². The van der Waals surface area contributed by atoms with E-state index in [2.05, 4.69) is 31.9 Å². The summed E-state index contributed by atoms with van der Waals surface area (Å²) in [5, 5.41) is 17.2. The molecule has 0 saturated carbocycles. The molecule has 0 unspecified atom stereocenters. The summed E-state index contributed by atoms with van der Waals surface area (Å²) in [5.41, 5.74) is 4.27. The van der Waals surface area contributed by atoms with E-state index in [0.717, 1.165) is 31.2 Å². The lowest BCUT2D eigenvalue weighted by molar-refractivity contribution is 0.425. The summed E-state index contributed by atoms with van der Waals surface area (Å²) in [6.07, 6.45) is 0. The van der Waals surface area contributed by atoms with Crippen molar-refractivity contribution >= 4 is 83.8 Å². The van der Waals surface area contributed by atoms with Gasteiger partial charge >= 0.3 is 7.12 Å². The number of halogens is 2. The Balaban J connectivity index is 0.000000184. The largest absolute Gasteiger partial charge is 0.488 e. The molecule has 9 rings (SSSR count). The SMILES string of the molecule is O=S(=O)(c1ccc(-c2ccccc2)cc1)c1cccc(S(=O)(=O)c2ccc(-c3ccccc3)cc2)c1.O=S(=O)(c1ccc(Br)cc1)c1cccc(S(=O)(=O)c2ccc(Br)cc2)c1.OB(O)c1ccccc1. The number of benzene rings is 9. The molecule has 17 heteroatoms. The number of rotatable bonds is 11. The molecular weight excluding hydrogens is 1110 g/mol. The van der Waals surface area contributed by atoms with Crippen LogP contribution in [0.4, 0.5) is 0 Å². The van der Waals surface area contributed by atoms with Crippen LogP contribution >= 0.6 is 31.9 Å². The van der Waals surface area contributed by atoms with Crippen molar-refractivity contribution in [3.05, 3.63) is 246 Å². The second-order valence-electron chi connectivity index (χ2n) is 15.4. The average Bonchev–Trinajstić information content (AvgIpc) is 3.40. The second-order valence-corrected chi connectivity index (χ2v) is 25.1. The number of hydrogen-bond acceptors (Lipinski definition) is 10. The molecule has 0 atom stereocenters. The van der Waals surface area contributed by atoms with Gasteiger partial charge < -0.3 is 10.0 Å². The Morgan fingerprint density at radius 2 is 0.507 bits per heavy atom. The molecule has 0 heterocycles. The molecule has 9 aromatic carbocycles. The zero-order valence-electron chi connectivity index (χ0n) is 37.1. The predicted molar refractivity (Wildman–Crippen MR) is 283 cm³/mol. The van der Waals surface area contributed by atoms with Gasteiger partial charge in [0, 0.05) is 8.95 Å². The third kappa shape index (κ3) is 12.8. The van der Waals surface area contributed by atoms with Gasteiger partial charge in [0.15, 0.2) is 0 Å². The molecule has 9 aromatic rings. The van der Waals surface area contributed by atoms with Crippen molar-refractivity contribution < 1.29 is 43.7 Å². The van der Waals surface area contributed by atoms with E-state index >= 15 is 0 Å². The molecule has 0 amide bonds. The van der Waals surface area contributed by atoms with Crippen molar-refractivity contribution in [2.24, 2.45) is 0 Å². The number of hydrogen-bond donors (Lipinski definition) is 2. The Hall–Kier alpha value is -6.28. The molecule has 0 aliphatic heterocycles. The first kappa shape index (κ1) is 52.5. The highest BCUT2D eigenvalue weighted by Gasteiger charge is 2.25. The lowest BCUT2D eigenvalue weighted by atomic mass is 9.81. The Kier molecular flexibility index (Phi) is 16.9. The van der Waals surface area contributed by atoms with Gasteiger partial charge in [-0.2, -0.15) is 0 Å². The van der Waals surface area contributed by atoms with Crippen LogP contribution in [-0.4, -0.2) is 50.8 Å². The summed E-state index contributed by atoms with van der Waals surface area (Å²) in [4.78, 5) is 0.107. The van der Waals surface area contributed by atoms with E-state index in [1.807, 2.05) is 66.7 Å². The van der Waals surface area contributed by atoms with Crippen LogP contribution in [0.25, 0.3) is 22.3 Å².